The average molecular weight is 370 g/mol. The van der Waals surface area contributed by atoms with Crippen molar-refractivity contribution in [3.8, 4) is 0 Å². The first-order chi connectivity index (χ1) is 13.2. The first-order valence-electron chi connectivity index (χ1n) is 9.97. The second-order valence-corrected chi connectivity index (χ2v) is 7.32. The SMILES string of the molecule is C/C=C1\N=C(/C)c2ccnc(c2)NCC2CCCC(C2)OCCCNC1=O. The number of pyridine rings is 1. The molecule has 1 amide bonds. The molecule has 3 rings (SSSR count). The van der Waals surface area contributed by atoms with Gasteiger partial charge >= 0.3 is 0 Å². The fraction of sp³-hybridized carbons (Fsp3) is 0.571. The summed E-state index contributed by atoms with van der Waals surface area (Å²) in [6.07, 6.45) is 9.32. The van der Waals surface area contributed by atoms with Crippen LogP contribution >= 0.6 is 0 Å². The number of carbonyl (C=O) groups is 1. The van der Waals surface area contributed by atoms with Crippen molar-refractivity contribution in [1.29, 1.82) is 0 Å². The van der Waals surface area contributed by atoms with Crippen molar-refractivity contribution in [1.82, 2.24) is 10.3 Å². The van der Waals surface area contributed by atoms with Gasteiger partial charge < -0.3 is 15.4 Å². The molecule has 0 aromatic carbocycles. The number of nitrogens with zero attached hydrogens (tertiary/aromatic N) is 2. The Hall–Kier alpha value is -2.21. The average Bonchev–Trinajstić information content (AvgIpc) is 2.70. The van der Waals surface area contributed by atoms with Gasteiger partial charge in [0, 0.05) is 37.2 Å². The molecule has 2 unspecified atom stereocenters. The first-order valence-corrected chi connectivity index (χ1v) is 9.97. The topological polar surface area (TPSA) is 75.6 Å². The van der Waals surface area contributed by atoms with Gasteiger partial charge in [0.15, 0.2) is 0 Å². The summed E-state index contributed by atoms with van der Waals surface area (Å²) in [6.45, 7) is 5.94. The van der Waals surface area contributed by atoms with Crippen molar-refractivity contribution in [2.45, 2.75) is 52.1 Å². The third kappa shape index (κ3) is 5.63. The molecule has 1 saturated carbocycles. The van der Waals surface area contributed by atoms with Crippen LogP contribution in [-0.4, -0.2) is 42.4 Å². The highest BCUT2D eigenvalue weighted by atomic mass is 16.5. The molecule has 6 nitrogen and oxygen atoms in total. The van der Waals surface area contributed by atoms with E-state index in [-0.39, 0.29) is 5.91 Å². The number of allylic oxidation sites excluding steroid dienone is 1. The predicted molar refractivity (Wildman–Crippen MR) is 108 cm³/mol. The van der Waals surface area contributed by atoms with Crippen LogP contribution in [0.1, 0.15) is 51.5 Å². The second-order valence-electron chi connectivity index (χ2n) is 7.32. The van der Waals surface area contributed by atoms with Crippen LogP contribution in [0.4, 0.5) is 5.82 Å². The summed E-state index contributed by atoms with van der Waals surface area (Å²) in [5, 5.41) is 6.41. The van der Waals surface area contributed by atoms with Crippen LogP contribution in [-0.2, 0) is 9.53 Å². The molecular weight excluding hydrogens is 340 g/mol. The smallest absolute Gasteiger partial charge is 0.269 e. The minimum atomic E-state index is -0.147. The van der Waals surface area contributed by atoms with Gasteiger partial charge in [0.05, 0.1) is 6.10 Å². The van der Waals surface area contributed by atoms with E-state index >= 15 is 0 Å². The third-order valence-electron chi connectivity index (χ3n) is 5.24. The van der Waals surface area contributed by atoms with Crippen LogP contribution in [0.25, 0.3) is 0 Å². The molecule has 0 spiro atoms. The van der Waals surface area contributed by atoms with Gasteiger partial charge in [-0.25, -0.2) is 9.98 Å². The summed E-state index contributed by atoms with van der Waals surface area (Å²) in [6, 6.07) is 3.92. The maximum atomic E-state index is 12.4. The predicted octanol–water partition coefficient (Wildman–Crippen LogP) is 3.30. The van der Waals surface area contributed by atoms with Crippen molar-refractivity contribution >= 4 is 17.4 Å². The fourth-order valence-electron chi connectivity index (χ4n) is 3.69. The number of ether oxygens (including phenoxy) is 1. The Morgan fingerprint density at radius 3 is 3.00 bits per heavy atom. The minimum Gasteiger partial charge on any atom is -0.378 e. The van der Waals surface area contributed by atoms with Gasteiger partial charge in [-0.15, -0.1) is 0 Å². The monoisotopic (exact) mass is 370 g/mol. The van der Waals surface area contributed by atoms with E-state index in [9.17, 15) is 4.79 Å². The maximum Gasteiger partial charge on any atom is 0.269 e. The van der Waals surface area contributed by atoms with Crippen molar-refractivity contribution in [2.75, 3.05) is 25.0 Å². The lowest BCUT2D eigenvalue weighted by molar-refractivity contribution is -0.117. The summed E-state index contributed by atoms with van der Waals surface area (Å²) < 4.78 is 6.05. The van der Waals surface area contributed by atoms with E-state index < -0.39 is 0 Å². The highest BCUT2D eigenvalue weighted by molar-refractivity contribution is 6.03. The molecule has 1 fully saturated rings. The van der Waals surface area contributed by atoms with Gasteiger partial charge in [0.1, 0.15) is 11.5 Å². The molecule has 2 atom stereocenters. The molecule has 0 saturated heterocycles. The number of fused-ring (bicyclic) bond motifs is 4. The van der Waals surface area contributed by atoms with Crippen molar-refractivity contribution < 1.29 is 9.53 Å². The summed E-state index contributed by atoms with van der Waals surface area (Å²) in [5.74, 6) is 1.31. The van der Waals surface area contributed by atoms with Crippen LogP contribution in [0.3, 0.4) is 0 Å². The number of rotatable bonds is 0. The zero-order valence-corrected chi connectivity index (χ0v) is 16.3. The van der Waals surface area contributed by atoms with E-state index in [0.29, 0.717) is 30.9 Å². The van der Waals surface area contributed by atoms with Gasteiger partial charge in [-0.3, -0.25) is 4.79 Å². The molecule has 2 N–H and O–H groups in total. The van der Waals surface area contributed by atoms with Crippen LogP contribution in [0.2, 0.25) is 0 Å². The van der Waals surface area contributed by atoms with Crippen LogP contribution < -0.4 is 10.6 Å². The number of aliphatic imine (C=N–C) groups is 1. The van der Waals surface area contributed by atoms with Crippen LogP contribution in [0, 0.1) is 5.92 Å². The molecule has 146 valence electrons. The normalized spacial score (nSPS) is 28.4. The van der Waals surface area contributed by atoms with E-state index in [4.69, 9.17) is 4.74 Å². The van der Waals surface area contributed by atoms with E-state index in [1.807, 2.05) is 26.0 Å². The highest BCUT2D eigenvalue weighted by Crippen LogP contribution is 2.27. The summed E-state index contributed by atoms with van der Waals surface area (Å²) in [5.41, 5.74) is 2.20. The molecule has 6 heteroatoms. The lowest BCUT2D eigenvalue weighted by Crippen LogP contribution is -2.29. The first kappa shape index (κ1) is 19.5. The summed E-state index contributed by atoms with van der Waals surface area (Å²) >= 11 is 0. The molecule has 1 aromatic rings. The number of amides is 1. The zero-order chi connectivity index (χ0) is 19.1. The van der Waals surface area contributed by atoms with Gasteiger partial charge in [0.25, 0.3) is 5.91 Å². The van der Waals surface area contributed by atoms with Gasteiger partial charge in [-0.05, 0) is 57.6 Å². The van der Waals surface area contributed by atoms with E-state index in [0.717, 1.165) is 42.9 Å². The molecule has 4 bridgehead atoms. The lowest BCUT2D eigenvalue weighted by Gasteiger charge is -2.29. The lowest BCUT2D eigenvalue weighted by atomic mass is 9.87. The molecular formula is C21H30N4O2. The Morgan fingerprint density at radius 1 is 1.26 bits per heavy atom. The zero-order valence-electron chi connectivity index (χ0n) is 16.3. The third-order valence-corrected chi connectivity index (χ3v) is 5.24. The van der Waals surface area contributed by atoms with Crippen LogP contribution in [0.15, 0.2) is 35.1 Å². The number of carbonyl (C=O) groups excluding carboxylic acids is 1. The van der Waals surface area contributed by atoms with Crippen molar-refractivity contribution in [2.24, 2.45) is 10.9 Å². The van der Waals surface area contributed by atoms with Crippen molar-refractivity contribution in [3.05, 3.63) is 35.7 Å². The molecule has 27 heavy (non-hydrogen) atoms. The van der Waals surface area contributed by atoms with Gasteiger partial charge in [0.2, 0.25) is 0 Å². The molecule has 1 aromatic heterocycles. The van der Waals surface area contributed by atoms with Gasteiger partial charge in [-0.1, -0.05) is 12.5 Å². The summed E-state index contributed by atoms with van der Waals surface area (Å²) in [4.78, 5) is 21.3. The van der Waals surface area contributed by atoms with E-state index in [2.05, 4.69) is 20.6 Å². The van der Waals surface area contributed by atoms with E-state index in [1.165, 1.54) is 12.8 Å². The van der Waals surface area contributed by atoms with Crippen LogP contribution in [0.5, 0.6) is 0 Å². The molecule has 1 aliphatic heterocycles. The molecule has 2 aliphatic rings. The largest absolute Gasteiger partial charge is 0.378 e. The Morgan fingerprint density at radius 2 is 2.15 bits per heavy atom. The van der Waals surface area contributed by atoms with Gasteiger partial charge in [-0.2, -0.15) is 0 Å². The number of nitrogens with one attached hydrogen (secondary N) is 2. The quantitative estimate of drug-likeness (QED) is 0.687. The Balaban J connectivity index is 1.80. The fourth-order valence-corrected chi connectivity index (χ4v) is 3.69. The standard InChI is InChI=1S/C21H30N4O2/c1-3-19-21(26)23-9-5-11-27-18-7-4-6-16(12-18)14-24-20-13-17(8-10-22-20)15(2)25-19/h3,8,10,13,16,18H,4-7,9,11-12,14H2,1-2H3,(H,22,24)(H,23,26)/b19-3-,25-15+. The van der Waals surface area contributed by atoms with E-state index in [1.54, 1.807) is 12.3 Å². The number of hydrogen-bond donors (Lipinski definition) is 2. The Kier molecular flexibility index (Phi) is 6.98. The number of aromatic nitrogens is 1. The molecule has 0 radical (unpaired) electrons. The number of hydrogen-bond acceptors (Lipinski definition) is 5. The maximum absolute atomic E-state index is 12.4. The summed E-state index contributed by atoms with van der Waals surface area (Å²) in [7, 11) is 0. The molecule has 1 aliphatic carbocycles. The Labute approximate surface area is 161 Å². The Bertz CT molecular complexity index is 714. The highest BCUT2D eigenvalue weighted by Gasteiger charge is 2.22. The minimum absolute atomic E-state index is 0.147. The second kappa shape index (κ2) is 9.65. The molecule has 2 heterocycles. The number of anilines is 1. The van der Waals surface area contributed by atoms with Crippen molar-refractivity contribution in [3.63, 3.8) is 0 Å².